The molecule has 2 N–H and O–H groups in total. The van der Waals surface area contributed by atoms with Crippen LogP contribution >= 0.6 is 23.6 Å². The van der Waals surface area contributed by atoms with Gasteiger partial charge in [-0.3, -0.25) is 5.43 Å². The molecule has 0 aliphatic carbocycles. The van der Waals surface area contributed by atoms with E-state index in [-0.39, 0.29) is 0 Å². The van der Waals surface area contributed by atoms with Crippen molar-refractivity contribution in [2.24, 2.45) is 5.10 Å². The van der Waals surface area contributed by atoms with E-state index in [0.29, 0.717) is 5.11 Å². The monoisotopic (exact) mass is 305 g/mol. The Labute approximate surface area is 127 Å². The predicted molar refractivity (Wildman–Crippen MR) is 89.0 cm³/mol. The second-order valence-corrected chi connectivity index (χ2v) is 5.70. The van der Waals surface area contributed by atoms with Crippen LogP contribution in [0.2, 0.25) is 0 Å². The summed E-state index contributed by atoms with van der Waals surface area (Å²) in [7, 11) is 1.62. The lowest BCUT2D eigenvalue weighted by Crippen LogP contribution is -2.24. The van der Waals surface area contributed by atoms with Crippen molar-refractivity contribution in [1.29, 1.82) is 0 Å². The number of thiocarbonyl (C=S) groups is 1. The minimum absolute atomic E-state index is 0.416. The molecular weight excluding hydrogens is 290 g/mol. The molecule has 0 bridgehead atoms. The first-order valence-electron chi connectivity index (χ1n) is 5.98. The van der Waals surface area contributed by atoms with Crippen molar-refractivity contribution in [1.82, 2.24) is 5.43 Å². The highest BCUT2D eigenvalue weighted by Gasteiger charge is 2.02. The number of methoxy groups -OCH3 is 1. The van der Waals surface area contributed by atoms with Crippen molar-refractivity contribution in [2.75, 3.05) is 12.4 Å². The van der Waals surface area contributed by atoms with Crippen molar-refractivity contribution in [2.45, 2.75) is 6.92 Å². The quantitative estimate of drug-likeness (QED) is 0.516. The standard InChI is InChI=1S/C14H15N3OS2/c1-10-7-8-11(20-10)9-15-17-14(19)16-12-5-3-4-6-13(12)18-2/h3-9H,1-2H3,(H2,16,17,19)/b15-9+. The van der Waals surface area contributed by atoms with Crippen LogP contribution in [0, 0.1) is 6.92 Å². The summed E-state index contributed by atoms with van der Waals surface area (Å²) in [6, 6.07) is 11.6. The molecule has 2 aromatic rings. The smallest absolute Gasteiger partial charge is 0.191 e. The Kier molecular flexibility index (Phi) is 5.09. The van der Waals surface area contributed by atoms with E-state index in [2.05, 4.69) is 28.8 Å². The predicted octanol–water partition coefficient (Wildman–Crippen LogP) is 3.39. The number of nitrogens with one attached hydrogen (secondary N) is 2. The number of ether oxygens (including phenoxy) is 1. The molecule has 1 heterocycles. The lowest BCUT2D eigenvalue weighted by Gasteiger charge is -2.10. The van der Waals surface area contributed by atoms with Crippen molar-refractivity contribution >= 4 is 40.6 Å². The van der Waals surface area contributed by atoms with Gasteiger partial charge in [-0.15, -0.1) is 11.3 Å². The van der Waals surface area contributed by atoms with Crippen LogP contribution in [0.4, 0.5) is 5.69 Å². The largest absolute Gasteiger partial charge is 0.495 e. The third kappa shape index (κ3) is 4.04. The van der Waals surface area contributed by atoms with Gasteiger partial charge in [-0.2, -0.15) is 5.10 Å². The van der Waals surface area contributed by atoms with E-state index in [1.807, 2.05) is 30.3 Å². The van der Waals surface area contributed by atoms with Crippen LogP contribution in [0.15, 0.2) is 41.5 Å². The van der Waals surface area contributed by atoms with Gasteiger partial charge in [0.2, 0.25) is 0 Å². The van der Waals surface area contributed by atoms with Crippen molar-refractivity contribution in [3.8, 4) is 5.75 Å². The fourth-order valence-electron chi connectivity index (χ4n) is 1.58. The minimum atomic E-state index is 0.416. The number of rotatable bonds is 4. The molecule has 0 spiro atoms. The highest BCUT2D eigenvalue weighted by molar-refractivity contribution is 7.80. The van der Waals surface area contributed by atoms with E-state index in [1.165, 1.54) is 4.88 Å². The molecule has 0 fully saturated rings. The van der Waals surface area contributed by atoms with Gasteiger partial charge in [-0.05, 0) is 43.4 Å². The number of thiophene rings is 1. The molecule has 104 valence electrons. The van der Waals surface area contributed by atoms with E-state index >= 15 is 0 Å². The SMILES string of the molecule is COc1ccccc1NC(=S)N/N=C/c1ccc(C)s1. The second kappa shape index (κ2) is 7.02. The first-order chi connectivity index (χ1) is 9.69. The Morgan fingerprint density at radius 1 is 1.30 bits per heavy atom. The highest BCUT2D eigenvalue weighted by Crippen LogP contribution is 2.22. The summed E-state index contributed by atoms with van der Waals surface area (Å²) < 4.78 is 5.24. The third-order valence-electron chi connectivity index (χ3n) is 2.47. The van der Waals surface area contributed by atoms with Gasteiger partial charge in [0.05, 0.1) is 19.0 Å². The first kappa shape index (κ1) is 14.5. The third-order valence-corrected chi connectivity index (χ3v) is 3.60. The van der Waals surface area contributed by atoms with E-state index in [4.69, 9.17) is 17.0 Å². The van der Waals surface area contributed by atoms with Gasteiger partial charge < -0.3 is 10.1 Å². The normalized spacial score (nSPS) is 10.5. The van der Waals surface area contributed by atoms with E-state index < -0.39 is 0 Å². The van der Waals surface area contributed by atoms with E-state index in [1.54, 1.807) is 24.7 Å². The maximum Gasteiger partial charge on any atom is 0.191 e. The first-order valence-corrected chi connectivity index (χ1v) is 7.21. The topological polar surface area (TPSA) is 45.6 Å². The molecule has 0 saturated carbocycles. The summed E-state index contributed by atoms with van der Waals surface area (Å²) in [5.41, 5.74) is 3.58. The number of nitrogens with zero attached hydrogens (tertiary/aromatic N) is 1. The molecule has 0 atom stereocenters. The Morgan fingerprint density at radius 3 is 2.80 bits per heavy atom. The van der Waals surface area contributed by atoms with Gasteiger partial charge in [0.1, 0.15) is 5.75 Å². The molecule has 20 heavy (non-hydrogen) atoms. The molecule has 0 unspecified atom stereocenters. The molecule has 0 aliphatic rings. The van der Waals surface area contributed by atoms with Crippen LogP contribution in [-0.2, 0) is 0 Å². The fourth-order valence-corrected chi connectivity index (χ4v) is 2.49. The van der Waals surface area contributed by atoms with Crippen LogP contribution in [0.3, 0.4) is 0 Å². The van der Waals surface area contributed by atoms with Crippen LogP contribution in [0.5, 0.6) is 5.75 Å². The Bertz CT molecular complexity index is 622. The zero-order valence-corrected chi connectivity index (χ0v) is 12.8. The highest BCUT2D eigenvalue weighted by atomic mass is 32.1. The van der Waals surface area contributed by atoms with E-state index in [0.717, 1.165) is 16.3 Å². The van der Waals surface area contributed by atoms with Gasteiger partial charge in [0.15, 0.2) is 5.11 Å². The van der Waals surface area contributed by atoms with E-state index in [9.17, 15) is 0 Å². The van der Waals surface area contributed by atoms with Gasteiger partial charge >= 0.3 is 0 Å². The Hall–Kier alpha value is -1.92. The summed E-state index contributed by atoms with van der Waals surface area (Å²) in [5, 5.41) is 7.55. The molecule has 6 heteroatoms. The van der Waals surface area contributed by atoms with Crippen LogP contribution < -0.4 is 15.5 Å². The number of para-hydroxylation sites is 2. The zero-order chi connectivity index (χ0) is 14.4. The lowest BCUT2D eigenvalue weighted by atomic mass is 10.3. The number of aryl methyl sites for hydroxylation is 1. The molecule has 0 radical (unpaired) electrons. The van der Waals surface area contributed by atoms with Crippen molar-refractivity contribution < 1.29 is 4.74 Å². The Balaban J connectivity index is 1.91. The average Bonchev–Trinajstić information content (AvgIpc) is 2.85. The van der Waals surface area contributed by atoms with Gasteiger partial charge in [0, 0.05) is 9.75 Å². The summed E-state index contributed by atoms with van der Waals surface area (Å²) in [5.74, 6) is 0.731. The maximum atomic E-state index is 5.24. The molecule has 1 aromatic carbocycles. The molecule has 0 amide bonds. The minimum Gasteiger partial charge on any atom is -0.495 e. The van der Waals surface area contributed by atoms with Gasteiger partial charge in [-0.1, -0.05) is 12.1 Å². The molecular formula is C14H15N3OS2. The second-order valence-electron chi connectivity index (χ2n) is 3.97. The lowest BCUT2D eigenvalue weighted by molar-refractivity contribution is 0.417. The summed E-state index contributed by atoms with van der Waals surface area (Å²) in [4.78, 5) is 2.33. The summed E-state index contributed by atoms with van der Waals surface area (Å²) in [6.07, 6.45) is 1.74. The zero-order valence-electron chi connectivity index (χ0n) is 11.2. The van der Waals surface area contributed by atoms with Crippen LogP contribution in [0.25, 0.3) is 0 Å². The Morgan fingerprint density at radius 2 is 2.10 bits per heavy atom. The molecule has 0 aliphatic heterocycles. The number of hydrazone groups is 1. The number of benzene rings is 1. The van der Waals surface area contributed by atoms with Crippen LogP contribution in [0.1, 0.15) is 9.75 Å². The van der Waals surface area contributed by atoms with Crippen LogP contribution in [-0.4, -0.2) is 18.4 Å². The number of anilines is 1. The number of hydrogen-bond acceptors (Lipinski definition) is 4. The summed E-state index contributed by atoms with van der Waals surface area (Å²) in [6.45, 7) is 2.06. The molecule has 1 aromatic heterocycles. The fraction of sp³-hybridized carbons (Fsp3) is 0.143. The van der Waals surface area contributed by atoms with Gasteiger partial charge in [-0.25, -0.2) is 0 Å². The van der Waals surface area contributed by atoms with Crippen molar-refractivity contribution in [3.05, 3.63) is 46.2 Å². The maximum absolute atomic E-state index is 5.24. The average molecular weight is 305 g/mol. The molecule has 0 saturated heterocycles. The molecule has 2 rings (SSSR count). The van der Waals surface area contributed by atoms with Gasteiger partial charge in [0.25, 0.3) is 0 Å². The summed E-state index contributed by atoms with van der Waals surface area (Å²) >= 11 is 6.85. The molecule has 4 nitrogen and oxygen atoms in total. The van der Waals surface area contributed by atoms with Crippen molar-refractivity contribution in [3.63, 3.8) is 0 Å². The number of hydrogen-bond donors (Lipinski definition) is 2.